The van der Waals surface area contributed by atoms with E-state index in [0.29, 0.717) is 11.1 Å². The molecular formula is C16H27NO3S. The molecule has 5 heteroatoms. The van der Waals surface area contributed by atoms with Gasteiger partial charge < -0.3 is 5.11 Å². The number of aliphatic hydroxyl groups excluding tert-OH is 1. The molecule has 1 rings (SSSR count). The van der Waals surface area contributed by atoms with Crippen molar-refractivity contribution >= 4 is 10.0 Å². The van der Waals surface area contributed by atoms with Gasteiger partial charge in [-0.2, -0.15) is 0 Å². The number of hydrogen-bond donors (Lipinski definition) is 2. The van der Waals surface area contributed by atoms with E-state index in [1.807, 2.05) is 0 Å². The molecule has 0 aliphatic rings. The van der Waals surface area contributed by atoms with Gasteiger partial charge in [-0.1, -0.05) is 45.2 Å². The van der Waals surface area contributed by atoms with Crippen molar-refractivity contribution in [1.29, 1.82) is 0 Å². The van der Waals surface area contributed by atoms with Gasteiger partial charge in [0.05, 0.1) is 11.5 Å². The molecule has 0 bridgehead atoms. The Bertz CT molecular complexity index is 540. The monoisotopic (exact) mass is 313 g/mol. The lowest BCUT2D eigenvalue weighted by atomic mass is 10.1. The van der Waals surface area contributed by atoms with Crippen LogP contribution in [-0.2, 0) is 16.6 Å². The zero-order valence-electron chi connectivity index (χ0n) is 13.2. The maximum Gasteiger partial charge on any atom is 0.241 e. The van der Waals surface area contributed by atoms with Crippen LogP contribution in [0.1, 0.15) is 57.1 Å². The normalized spacial score (nSPS) is 13.3. The number of nitrogens with one attached hydrogen (secondary N) is 1. The predicted octanol–water partition coefficient (Wildman–Crippen LogP) is 3.12. The van der Waals surface area contributed by atoms with E-state index in [4.69, 9.17) is 0 Å². The quantitative estimate of drug-likeness (QED) is 0.736. The average Bonchev–Trinajstić information content (AvgIpc) is 2.44. The van der Waals surface area contributed by atoms with Gasteiger partial charge >= 0.3 is 0 Å². The SMILES string of the molecule is CCCCC(CCC)NS(=O)(=O)c1cccc(CO)c1C. The molecule has 0 aromatic heterocycles. The Kier molecular flexibility index (Phi) is 7.35. The minimum absolute atomic E-state index is 0.0165. The van der Waals surface area contributed by atoms with Gasteiger partial charge in [-0.3, -0.25) is 0 Å². The zero-order valence-corrected chi connectivity index (χ0v) is 14.0. The van der Waals surface area contributed by atoms with E-state index in [1.165, 1.54) is 0 Å². The van der Waals surface area contributed by atoms with Crippen molar-refractivity contribution in [3.63, 3.8) is 0 Å². The Morgan fingerprint density at radius 2 is 1.90 bits per heavy atom. The van der Waals surface area contributed by atoms with Gasteiger partial charge in [0.1, 0.15) is 0 Å². The summed E-state index contributed by atoms with van der Waals surface area (Å²) in [5.74, 6) is 0. The number of benzene rings is 1. The molecule has 0 aliphatic heterocycles. The molecule has 0 heterocycles. The molecule has 1 unspecified atom stereocenters. The summed E-state index contributed by atoms with van der Waals surface area (Å²) in [4.78, 5) is 0.270. The fourth-order valence-corrected chi connectivity index (χ4v) is 4.06. The molecule has 0 fully saturated rings. The molecule has 0 spiro atoms. The minimum atomic E-state index is -3.54. The molecule has 0 saturated heterocycles. The van der Waals surface area contributed by atoms with E-state index in [-0.39, 0.29) is 17.5 Å². The van der Waals surface area contributed by atoms with E-state index in [0.717, 1.165) is 32.1 Å². The number of hydrogen-bond acceptors (Lipinski definition) is 3. The Hall–Kier alpha value is -0.910. The highest BCUT2D eigenvalue weighted by Crippen LogP contribution is 2.20. The Labute approximate surface area is 128 Å². The van der Waals surface area contributed by atoms with Crippen LogP contribution in [0.15, 0.2) is 23.1 Å². The number of unbranched alkanes of at least 4 members (excludes halogenated alkanes) is 1. The van der Waals surface area contributed by atoms with Crippen LogP contribution in [0, 0.1) is 6.92 Å². The van der Waals surface area contributed by atoms with Crippen molar-refractivity contribution in [2.75, 3.05) is 0 Å². The Balaban J connectivity index is 2.99. The summed E-state index contributed by atoms with van der Waals surface area (Å²) in [6.07, 6.45) is 4.73. The third-order valence-electron chi connectivity index (χ3n) is 3.72. The van der Waals surface area contributed by atoms with Crippen LogP contribution in [0.25, 0.3) is 0 Å². The van der Waals surface area contributed by atoms with Gasteiger partial charge in [0.25, 0.3) is 0 Å². The van der Waals surface area contributed by atoms with Crippen molar-refractivity contribution in [2.24, 2.45) is 0 Å². The van der Waals surface area contributed by atoms with Crippen LogP contribution in [0.5, 0.6) is 0 Å². The van der Waals surface area contributed by atoms with Gasteiger partial charge in [-0.15, -0.1) is 0 Å². The van der Waals surface area contributed by atoms with E-state index in [9.17, 15) is 13.5 Å². The summed E-state index contributed by atoms with van der Waals surface area (Å²) in [5, 5.41) is 9.28. The molecular weight excluding hydrogens is 286 g/mol. The van der Waals surface area contributed by atoms with Crippen molar-refractivity contribution in [1.82, 2.24) is 4.72 Å². The lowest BCUT2D eigenvalue weighted by molar-refractivity contribution is 0.280. The second kappa shape index (κ2) is 8.51. The highest BCUT2D eigenvalue weighted by atomic mass is 32.2. The smallest absolute Gasteiger partial charge is 0.241 e. The second-order valence-electron chi connectivity index (χ2n) is 5.45. The standard InChI is InChI=1S/C16H27NO3S/c1-4-6-10-15(8-5-2)17-21(19,20)16-11-7-9-14(12-18)13(16)3/h7,9,11,15,17-18H,4-6,8,10,12H2,1-3H3. The molecule has 1 aromatic rings. The van der Waals surface area contributed by atoms with Crippen molar-refractivity contribution in [2.45, 2.75) is 70.4 Å². The largest absolute Gasteiger partial charge is 0.392 e. The van der Waals surface area contributed by atoms with Crippen LogP contribution >= 0.6 is 0 Å². The first-order valence-electron chi connectivity index (χ1n) is 7.67. The summed E-state index contributed by atoms with van der Waals surface area (Å²) in [6.45, 7) is 5.75. The number of rotatable bonds is 9. The fourth-order valence-electron chi connectivity index (χ4n) is 2.47. The van der Waals surface area contributed by atoms with E-state index in [2.05, 4.69) is 18.6 Å². The van der Waals surface area contributed by atoms with Crippen molar-refractivity contribution in [3.05, 3.63) is 29.3 Å². The molecule has 0 amide bonds. The first-order chi connectivity index (χ1) is 9.96. The highest BCUT2D eigenvalue weighted by molar-refractivity contribution is 7.89. The lowest BCUT2D eigenvalue weighted by Gasteiger charge is -2.19. The molecule has 0 aliphatic carbocycles. The molecule has 2 N–H and O–H groups in total. The van der Waals surface area contributed by atoms with E-state index < -0.39 is 10.0 Å². The topological polar surface area (TPSA) is 66.4 Å². The maximum atomic E-state index is 12.6. The molecule has 21 heavy (non-hydrogen) atoms. The zero-order chi connectivity index (χ0) is 15.9. The minimum Gasteiger partial charge on any atom is -0.392 e. The summed E-state index contributed by atoms with van der Waals surface area (Å²) < 4.78 is 28.0. The first-order valence-corrected chi connectivity index (χ1v) is 9.16. The van der Waals surface area contributed by atoms with Gasteiger partial charge in [0.2, 0.25) is 10.0 Å². The molecule has 0 saturated carbocycles. The van der Waals surface area contributed by atoms with E-state index >= 15 is 0 Å². The van der Waals surface area contributed by atoms with Crippen LogP contribution in [0.4, 0.5) is 0 Å². The number of sulfonamides is 1. The van der Waals surface area contributed by atoms with Crippen molar-refractivity contribution < 1.29 is 13.5 Å². The predicted molar refractivity (Wildman–Crippen MR) is 85.6 cm³/mol. The van der Waals surface area contributed by atoms with Gasteiger partial charge in [0.15, 0.2) is 0 Å². The molecule has 120 valence electrons. The fraction of sp³-hybridized carbons (Fsp3) is 0.625. The van der Waals surface area contributed by atoms with Crippen LogP contribution < -0.4 is 4.72 Å². The van der Waals surface area contributed by atoms with Gasteiger partial charge in [-0.25, -0.2) is 13.1 Å². The van der Waals surface area contributed by atoms with Crippen molar-refractivity contribution in [3.8, 4) is 0 Å². The van der Waals surface area contributed by atoms with Gasteiger partial charge in [0, 0.05) is 6.04 Å². The third kappa shape index (κ3) is 5.09. The highest BCUT2D eigenvalue weighted by Gasteiger charge is 2.22. The van der Waals surface area contributed by atoms with Gasteiger partial charge in [-0.05, 0) is 37.0 Å². The van der Waals surface area contributed by atoms with Crippen LogP contribution in [0.3, 0.4) is 0 Å². The first kappa shape index (κ1) is 18.1. The summed E-state index contributed by atoms with van der Waals surface area (Å²) in [6, 6.07) is 5.00. The summed E-state index contributed by atoms with van der Waals surface area (Å²) in [5.41, 5.74) is 1.27. The Morgan fingerprint density at radius 3 is 2.48 bits per heavy atom. The van der Waals surface area contributed by atoms with Crippen LogP contribution in [-0.4, -0.2) is 19.6 Å². The second-order valence-corrected chi connectivity index (χ2v) is 7.13. The number of aliphatic hydroxyl groups is 1. The average molecular weight is 313 g/mol. The molecule has 1 aromatic carbocycles. The summed E-state index contributed by atoms with van der Waals surface area (Å²) >= 11 is 0. The molecule has 0 radical (unpaired) electrons. The molecule has 4 nitrogen and oxygen atoms in total. The maximum absolute atomic E-state index is 12.6. The molecule has 1 atom stereocenters. The van der Waals surface area contributed by atoms with E-state index in [1.54, 1.807) is 25.1 Å². The third-order valence-corrected chi connectivity index (χ3v) is 5.39. The lowest BCUT2D eigenvalue weighted by Crippen LogP contribution is -2.35. The van der Waals surface area contributed by atoms with Crippen LogP contribution in [0.2, 0.25) is 0 Å². The summed E-state index contributed by atoms with van der Waals surface area (Å²) in [7, 11) is -3.54. The Morgan fingerprint density at radius 1 is 1.19 bits per heavy atom.